The zero-order valence-electron chi connectivity index (χ0n) is 9.78. The van der Waals surface area contributed by atoms with Gasteiger partial charge in [-0.25, -0.2) is 4.39 Å². The summed E-state index contributed by atoms with van der Waals surface area (Å²) in [5.41, 5.74) is -0.611. The van der Waals surface area contributed by atoms with Crippen LogP contribution in [-0.2, 0) is 12.6 Å². The van der Waals surface area contributed by atoms with Crippen molar-refractivity contribution in [2.24, 2.45) is 0 Å². The Morgan fingerprint density at radius 2 is 1.76 bits per heavy atom. The average Bonchev–Trinajstić information content (AvgIpc) is 2.25. The van der Waals surface area contributed by atoms with E-state index in [0.29, 0.717) is 6.42 Å². The van der Waals surface area contributed by atoms with Crippen LogP contribution in [0, 0.1) is 5.82 Å². The Morgan fingerprint density at radius 1 is 1.06 bits per heavy atom. The van der Waals surface area contributed by atoms with Gasteiger partial charge in [0.1, 0.15) is 5.82 Å². The van der Waals surface area contributed by atoms with Gasteiger partial charge in [0.15, 0.2) is 0 Å². The first-order valence-electron chi connectivity index (χ1n) is 5.80. The Morgan fingerprint density at radius 3 is 2.35 bits per heavy atom. The molecule has 0 nitrogen and oxygen atoms in total. The molecule has 0 aliphatic rings. The molecule has 0 bridgehead atoms. The average molecular weight is 248 g/mol. The fourth-order valence-electron chi connectivity index (χ4n) is 1.68. The third kappa shape index (κ3) is 4.36. The molecule has 0 atom stereocenters. The van der Waals surface area contributed by atoms with E-state index in [-0.39, 0.29) is 5.56 Å². The van der Waals surface area contributed by atoms with Crippen molar-refractivity contribution in [3.05, 3.63) is 35.1 Å². The van der Waals surface area contributed by atoms with Gasteiger partial charge in [-0.2, -0.15) is 13.2 Å². The Labute approximate surface area is 98.6 Å². The summed E-state index contributed by atoms with van der Waals surface area (Å²) in [5.74, 6) is -0.547. The molecule has 0 saturated heterocycles. The van der Waals surface area contributed by atoms with E-state index < -0.39 is 17.6 Å². The van der Waals surface area contributed by atoms with Crippen LogP contribution >= 0.6 is 0 Å². The molecule has 0 amide bonds. The largest absolute Gasteiger partial charge is 0.416 e. The second kappa shape index (κ2) is 6.03. The minimum atomic E-state index is -4.40. The number of hydrogen-bond acceptors (Lipinski definition) is 0. The van der Waals surface area contributed by atoms with E-state index in [9.17, 15) is 17.6 Å². The van der Waals surface area contributed by atoms with Crippen molar-refractivity contribution >= 4 is 0 Å². The SMILES string of the molecule is CCCCCCc1cc(C(F)(F)F)ccc1F. The zero-order valence-corrected chi connectivity index (χ0v) is 9.78. The quantitative estimate of drug-likeness (QED) is 0.510. The number of benzene rings is 1. The third-order valence-electron chi connectivity index (χ3n) is 2.67. The van der Waals surface area contributed by atoms with Gasteiger partial charge in [0.05, 0.1) is 5.56 Å². The van der Waals surface area contributed by atoms with Crippen LogP contribution < -0.4 is 0 Å². The molecule has 1 aromatic carbocycles. The van der Waals surface area contributed by atoms with E-state index in [0.717, 1.165) is 43.9 Å². The minimum absolute atomic E-state index is 0.163. The molecule has 1 aromatic rings. The Bertz CT molecular complexity index is 355. The second-order valence-electron chi connectivity index (χ2n) is 4.11. The van der Waals surface area contributed by atoms with Gasteiger partial charge in [-0.1, -0.05) is 26.2 Å². The van der Waals surface area contributed by atoms with E-state index in [1.54, 1.807) is 0 Å². The van der Waals surface area contributed by atoms with Crippen LogP contribution in [0.25, 0.3) is 0 Å². The summed E-state index contributed by atoms with van der Waals surface area (Å²) >= 11 is 0. The lowest BCUT2D eigenvalue weighted by atomic mass is 10.0. The molecular weight excluding hydrogens is 232 g/mol. The van der Waals surface area contributed by atoms with E-state index in [1.807, 2.05) is 6.92 Å². The number of halogens is 4. The first-order valence-corrected chi connectivity index (χ1v) is 5.80. The predicted molar refractivity (Wildman–Crippen MR) is 59.2 cm³/mol. The Kier molecular flexibility index (Phi) is 4.97. The van der Waals surface area contributed by atoms with Crippen LogP contribution in [0.3, 0.4) is 0 Å². The molecule has 0 aliphatic carbocycles. The molecule has 0 N–H and O–H groups in total. The van der Waals surface area contributed by atoms with Gasteiger partial charge in [0, 0.05) is 0 Å². The fourth-order valence-corrected chi connectivity index (χ4v) is 1.68. The van der Waals surface area contributed by atoms with Crippen LogP contribution in [-0.4, -0.2) is 0 Å². The number of rotatable bonds is 5. The summed E-state index contributed by atoms with van der Waals surface area (Å²) in [6, 6.07) is 2.60. The molecule has 0 radical (unpaired) electrons. The van der Waals surface area contributed by atoms with Gasteiger partial charge < -0.3 is 0 Å². The maximum Gasteiger partial charge on any atom is 0.416 e. The van der Waals surface area contributed by atoms with E-state index in [4.69, 9.17) is 0 Å². The maximum absolute atomic E-state index is 13.3. The number of hydrogen-bond donors (Lipinski definition) is 0. The summed E-state index contributed by atoms with van der Waals surface area (Å²) in [6.45, 7) is 2.05. The van der Waals surface area contributed by atoms with Crippen molar-refractivity contribution in [3.63, 3.8) is 0 Å². The molecule has 0 aromatic heterocycles. The second-order valence-corrected chi connectivity index (χ2v) is 4.11. The van der Waals surface area contributed by atoms with Gasteiger partial charge in [0.2, 0.25) is 0 Å². The number of aryl methyl sites for hydroxylation is 1. The van der Waals surface area contributed by atoms with Gasteiger partial charge >= 0.3 is 6.18 Å². The molecule has 0 heterocycles. The molecule has 0 aliphatic heterocycles. The summed E-state index contributed by atoms with van der Waals surface area (Å²) in [7, 11) is 0. The fraction of sp³-hybridized carbons (Fsp3) is 0.538. The van der Waals surface area contributed by atoms with Crippen molar-refractivity contribution in [1.29, 1.82) is 0 Å². The highest BCUT2D eigenvalue weighted by molar-refractivity contribution is 5.27. The molecule has 4 heteroatoms. The van der Waals surface area contributed by atoms with Crippen molar-refractivity contribution in [2.45, 2.75) is 45.2 Å². The van der Waals surface area contributed by atoms with Crippen LogP contribution in [0.15, 0.2) is 18.2 Å². The Balaban J connectivity index is 2.70. The van der Waals surface area contributed by atoms with Gasteiger partial charge in [-0.05, 0) is 36.6 Å². The zero-order chi connectivity index (χ0) is 12.9. The summed E-state index contributed by atoms with van der Waals surface area (Å²) < 4.78 is 50.6. The standard InChI is InChI=1S/C13H16F4/c1-2-3-4-5-6-10-9-11(13(15,16)17)7-8-12(10)14/h7-9H,2-6H2,1H3. The van der Waals surface area contributed by atoms with Gasteiger partial charge in [-0.15, -0.1) is 0 Å². The van der Waals surface area contributed by atoms with E-state index in [2.05, 4.69) is 0 Å². The van der Waals surface area contributed by atoms with Crippen molar-refractivity contribution in [2.75, 3.05) is 0 Å². The lowest BCUT2D eigenvalue weighted by molar-refractivity contribution is -0.137. The summed E-state index contributed by atoms with van der Waals surface area (Å²) in [5, 5.41) is 0. The molecule has 0 fully saturated rings. The van der Waals surface area contributed by atoms with Crippen molar-refractivity contribution in [3.8, 4) is 0 Å². The van der Waals surface area contributed by atoms with E-state index in [1.165, 1.54) is 0 Å². The van der Waals surface area contributed by atoms with Crippen molar-refractivity contribution in [1.82, 2.24) is 0 Å². The normalized spacial score (nSPS) is 11.8. The van der Waals surface area contributed by atoms with Gasteiger partial charge in [-0.3, -0.25) is 0 Å². The van der Waals surface area contributed by atoms with Gasteiger partial charge in [0.25, 0.3) is 0 Å². The Hall–Kier alpha value is -1.06. The third-order valence-corrected chi connectivity index (χ3v) is 2.67. The number of unbranched alkanes of at least 4 members (excludes halogenated alkanes) is 3. The molecule has 0 spiro atoms. The predicted octanol–water partition coefficient (Wildman–Crippen LogP) is 4.97. The topological polar surface area (TPSA) is 0 Å². The molecule has 17 heavy (non-hydrogen) atoms. The smallest absolute Gasteiger partial charge is 0.207 e. The van der Waals surface area contributed by atoms with Crippen LogP contribution in [0.2, 0.25) is 0 Å². The first-order chi connectivity index (χ1) is 7.95. The lowest BCUT2D eigenvalue weighted by Crippen LogP contribution is -2.06. The minimum Gasteiger partial charge on any atom is -0.207 e. The highest BCUT2D eigenvalue weighted by atomic mass is 19.4. The highest BCUT2D eigenvalue weighted by Crippen LogP contribution is 2.30. The van der Waals surface area contributed by atoms with Crippen LogP contribution in [0.1, 0.15) is 43.7 Å². The first kappa shape index (κ1) is 14.0. The molecular formula is C13H16F4. The lowest BCUT2D eigenvalue weighted by Gasteiger charge is -2.09. The monoisotopic (exact) mass is 248 g/mol. The van der Waals surface area contributed by atoms with E-state index >= 15 is 0 Å². The number of alkyl halides is 3. The molecule has 96 valence electrons. The summed E-state index contributed by atoms with van der Waals surface area (Å²) in [6.07, 6.45) is -0.300. The maximum atomic E-state index is 13.3. The van der Waals surface area contributed by atoms with Crippen molar-refractivity contribution < 1.29 is 17.6 Å². The highest BCUT2D eigenvalue weighted by Gasteiger charge is 2.30. The van der Waals surface area contributed by atoms with Crippen LogP contribution in [0.5, 0.6) is 0 Å². The molecule has 0 saturated carbocycles. The summed E-state index contributed by atoms with van der Waals surface area (Å²) in [4.78, 5) is 0. The van der Waals surface area contributed by atoms with Crippen LogP contribution in [0.4, 0.5) is 17.6 Å². The molecule has 1 rings (SSSR count). The molecule has 0 unspecified atom stereocenters.